The van der Waals surface area contributed by atoms with Crippen molar-refractivity contribution >= 4 is 40.0 Å². The number of morpholine rings is 1. The second-order valence-electron chi connectivity index (χ2n) is 8.50. The lowest BCUT2D eigenvalue weighted by Crippen LogP contribution is -2.30. The number of nitrogens with two attached hydrogens (primary N) is 1. The maximum atomic E-state index is 8.81. The number of hydrogen-bond donors (Lipinski definition) is 3. The number of carbonyl (C=O) groups excluding carboxylic acids is 1. The summed E-state index contributed by atoms with van der Waals surface area (Å²) in [5.74, 6) is 1.24. The highest BCUT2D eigenvalue weighted by Gasteiger charge is 2.25. The summed E-state index contributed by atoms with van der Waals surface area (Å²) >= 11 is 1.77. The monoisotopic (exact) mass is 502 g/mol. The second-order valence-corrected chi connectivity index (χ2v) is 9.58. The maximum absolute atomic E-state index is 8.81. The van der Waals surface area contributed by atoms with Crippen molar-refractivity contribution in [3.63, 3.8) is 0 Å². The van der Waals surface area contributed by atoms with Crippen LogP contribution in [0.5, 0.6) is 5.88 Å². The van der Waals surface area contributed by atoms with Crippen molar-refractivity contribution in [1.82, 2.24) is 15.3 Å². The van der Waals surface area contributed by atoms with Gasteiger partial charge in [0.25, 0.3) is 0 Å². The van der Waals surface area contributed by atoms with Crippen LogP contribution in [0.25, 0.3) is 10.2 Å². The van der Waals surface area contributed by atoms with Crippen molar-refractivity contribution in [1.29, 1.82) is 0 Å². The van der Waals surface area contributed by atoms with Crippen LogP contribution in [0.4, 0.5) is 5.95 Å². The van der Waals surface area contributed by atoms with E-state index in [1.807, 2.05) is 0 Å². The van der Waals surface area contributed by atoms with Crippen LogP contribution in [0.1, 0.15) is 55.9 Å². The number of aryl methyl sites for hydroxylation is 2. The molecule has 5 rings (SSSR count). The van der Waals surface area contributed by atoms with E-state index in [0.717, 1.165) is 74.4 Å². The molecule has 1 saturated heterocycles. The van der Waals surface area contributed by atoms with Crippen molar-refractivity contribution in [3.05, 3.63) is 22.3 Å². The van der Waals surface area contributed by atoms with Gasteiger partial charge in [0.2, 0.25) is 11.8 Å². The van der Waals surface area contributed by atoms with Crippen LogP contribution in [-0.2, 0) is 22.4 Å². The highest BCUT2D eigenvalue weighted by Crippen LogP contribution is 2.41. The van der Waals surface area contributed by atoms with E-state index in [1.165, 1.54) is 49.2 Å². The lowest BCUT2D eigenvalue weighted by Gasteiger charge is -2.23. The second kappa shape index (κ2) is 14.8. The first kappa shape index (κ1) is 27.0. The van der Waals surface area contributed by atoms with Crippen molar-refractivity contribution < 1.29 is 14.3 Å². The molecule has 3 heterocycles. The third-order valence-corrected chi connectivity index (χ3v) is 7.10. The predicted octanol–water partition coefficient (Wildman–Crippen LogP) is 3.62. The molecule has 1 saturated carbocycles. The van der Waals surface area contributed by atoms with Crippen LogP contribution in [0.2, 0.25) is 0 Å². The number of aldehydes is 1. The molecule has 192 valence electrons. The van der Waals surface area contributed by atoms with Gasteiger partial charge in [-0.1, -0.05) is 6.42 Å². The number of hydrogen-bond acceptors (Lipinski definition) is 10. The number of anilines is 1. The number of fused-ring (bicyclic) bond motifs is 3. The highest BCUT2D eigenvalue weighted by atomic mass is 32.1. The molecular formula is C25H38N6O3S. The third kappa shape index (κ3) is 7.98. The van der Waals surface area contributed by atoms with E-state index in [2.05, 4.69) is 15.6 Å². The number of rotatable bonds is 5. The van der Waals surface area contributed by atoms with Crippen LogP contribution in [0.3, 0.4) is 0 Å². The van der Waals surface area contributed by atoms with Gasteiger partial charge in [-0.3, -0.25) is 4.99 Å². The van der Waals surface area contributed by atoms with Gasteiger partial charge in [0.1, 0.15) is 17.2 Å². The number of nitrogens with zero attached hydrogens (tertiary/aromatic N) is 3. The number of aliphatic imine (C=N–C) groups is 1. The van der Waals surface area contributed by atoms with Crippen LogP contribution in [0.15, 0.2) is 16.9 Å². The molecule has 1 aliphatic heterocycles. The molecule has 0 atom stereocenters. The first-order valence-electron chi connectivity index (χ1n) is 12.5. The molecule has 0 radical (unpaired) electrons. The Hall–Kier alpha value is -2.56. The van der Waals surface area contributed by atoms with E-state index in [0.29, 0.717) is 11.6 Å². The fourth-order valence-corrected chi connectivity index (χ4v) is 5.60. The first-order chi connectivity index (χ1) is 17.2. The predicted molar refractivity (Wildman–Crippen MR) is 143 cm³/mol. The number of nitrogens with one attached hydrogen (secondary N) is 2. The normalized spacial score (nSPS) is 18.3. The molecule has 0 unspecified atom stereocenters. The molecule has 2 aromatic heterocycles. The summed E-state index contributed by atoms with van der Waals surface area (Å²) in [7, 11) is 1.71. The highest BCUT2D eigenvalue weighted by molar-refractivity contribution is 7.19. The summed E-state index contributed by atoms with van der Waals surface area (Å²) in [6.07, 6.45) is 13.6. The minimum Gasteiger partial charge on any atom is -0.474 e. The van der Waals surface area contributed by atoms with Crippen LogP contribution < -0.4 is 21.1 Å². The third-order valence-electron chi connectivity index (χ3n) is 5.91. The summed E-state index contributed by atoms with van der Waals surface area (Å²) < 4.78 is 11.4. The van der Waals surface area contributed by atoms with Crippen LogP contribution in [-0.4, -0.2) is 61.9 Å². The molecule has 0 spiro atoms. The fraction of sp³-hybridized carbons (Fsp3) is 0.600. The van der Waals surface area contributed by atoms with Crippen LogP contribution in [0, 0.1) is 0 Å². The van der Waals surface area contributed by atoms with E-state index in [9.17, 15) is 0 Å². The topological polar surface area (TPSA) is 124 Å². The molecule has 4 N–H and O–H groups in total. The zero-order valence-corrected chi connectivity index (χ0v) is 21.7. The largest absolute Gasteiger partial charge is 0.474 e. The van der Waals surface area contributed by atoms with Gasteiger partial charge in [-0.2, -0.15) is 4.98 Å². The maximum Gasteiger partial charge on any atom is 0.232 e. The smallest absolute Gasteiger partial charge is 0.232 e. The number of thiophene rings is 1. The standard InChI is InChI=1S/C19H25N5OS.C4H9NO.C2H4O/c1-21-11-12(10-20)22-19-23-17(25-13-6-3-2-4-7-13)16-14-8-5-9-15(14)26-18(16)24-19;1-3-6-4-2-5-1;1-2-3/h10-11,13H,2-9,20H2,1H3,(H,22,23,24);5H,1-4H2;2H,1H3/b12-10+,21-11?;;. The van der Waals surface area contributed by atoms with E-state index in [4.69, 9.17) is 30.0 Å². The van der Waals surface area contributed by atoms with Gasteiger partial charge >= 0.3 is 0 Å². The van der Waals surface area contributed by atoms with Gasteiger partial charge < -0.3 is 30.6 Å². The minimum atomic E-state index is 0.258. The van der Waals surface area contributed by atoms with E-state index < -0.39 is 0 Å². The SMILES string of the molecule is C1COCCN1.CC=O.CN=C/C(=C\N)Nc1nc(OC2CCCCC2)c2c3c(sc2n1)CCC3. The van der Waals surface area contributed by atoms with Gasteiger partial charge in [-0.05, 0) is 57.4 Å². The quantitative estimate of drug-likeness (QED) is 0.418. The Kier molecular flexibility index (Phi) is 11.4. The molecule has 2 fully saturated rings. The van der Waals surface area contributed by atoms with Gasteiger partial charge in [-0.15, -0.1) is 11.3 Å². The van der Waals surface area contributed by atoms with Gasteiger partial charge in [0.05, 0.1) is 24.3 Å². The average Bonchev–Trinajstić information content (AvgIpc) is 3.47. The minimum absolute atomic E-state index is 0.258. The molecule has 0 aromatic carbocycles. The summed E-state index contributed by atoms with van der Waals surface area (Å²) in [5, 5.41) is 7.44. The molecule has 2 aromatic rings. The van der Waals surface area contributed by atoms with Crippen molar-refractivity contribution in [2.75, 3.05) is 38.7 Å². The lowest BCUT2D eigenvalue weighted by molar-refractivity contribution is -0.106. The van der Waals surface area contributed by atoms with Crippen molar-refractivity contribution in [3.8, 4) is 5.88 Å². The van der Waals surface area contributed by atoms with E-state index in [-0.39, 0.29) is 6.10 Å². The Labute approximate surface area is 211 Å². The lowest BCUT2D eigenvalue weighted by atomic mass is 9.98. The summed E-state index contributed by atoms with van der Waals surface area (Å²) in [5.41, 5.74) is 7.73. The Morgan fingerprint density at radius 2 is 1.94 bits per heavy atom. The molecule has 0 bridgehead atoms. The number of ether oxygens (including phenoxy) is 2. The molecular weight excluding hydrogens is 464 g/mol. The van der Waals surface area contributed by atoms with Gasteiger partial charge in [-0.25, -0.2) is 4.98 Å². The zero-order chi connectivity index (χ0) is 24.9. The average molecular weight is 503 g/mol. The first-order valence-corrected chi connectivity index (χ1v) is 13.3. The van der Waals surface area contributed by atoms with Gasteiger partial charge in [0.15, 0.2) is 0 Å². The van der Waals surface area contributed by atoms with Crippen LogP contribution >= 0.6 is 11.3 Å². The van der Waals surface area contributed by atoms with Crippen molar-refractivity contribution in [2.45, 2.75) is 64.4 Å². The summed E-state index contributed by atoms with van der Waals surface area (Å²) in [6, 6.07) is 0. The van der Waals surface area contributed by atoms with E-state index >= 15 is 0 Å². The Bertz CT molecular complexity index is 985. The summed E-state index contributed by atoms with van der Waals surface area (Å²) in [6.45, 7) is 5.28. The molecule has 10 heteroatoms. The number of allylic oxidation sites excluding steroid dienone is 1. The van der Waals surface area contributed by atoms with Crippen molar-refractivity contribution in [2.24, 2.45) is 10.7 Å². The number of aromatic nitrogens is 2. The molecule has 3 aliphatic rings. The Morgan fingerprint density at radius 1 is 1.20 bits per heavy atom. The Balaban J connectivity index is 0.000000323. The Morgan fingerprint density at radius 3 is 2.54 bits per heavy atom. The molecule has 2 aliphatic carbocycles. The van der Waals surface area contributed by atoms with Gasteiger partial charge in [0, 0.05) is 37.4 Å². The zero-order valence-electron chi connectivity index (χ0n) is 20.8. The molecule has 9 nitrogen and oxygen atoms in total. The summed E-state index contributed by atoms with van der Waals surface area (Å²) in [4.78, 5) is 24.7. The van der Waals surface area contributed by atoms with E-state index in [1.54, 1.807) is 24.6 Å². The fourth-order valence-electron chi connectivity index (χ4n) is 4.35. The molecule has 35 heavy (non-hydrogen) atoms. The molecule has 0 amide bonds. The number of carbonyl (C=O) groups is 1.